The lowest BCUT2D eigenvalue weighted by Crippen LogP contribution is -2.43. The summed E-state index contributed by atoms with van der Waals surface area (Å²) < 4.78 is 0. The summed E-state index contributed by atoms with van der Waals surface area (Å²) in [6.45, 7) is 0. The second kappa shape index (κ2) is 6.16. The van der Waals surface area contributed by atoms with Crippen LogP contribution in [0.1, 0.15) is 5.56 Å². The number of anilines is 1. The standard InChI is InChI=1S/C16H18N2O/c1-18(14-10-6-3-7-11-14)16(19)15(17)12-13-8-4-2-5-9-13/h2-11,15H,12,17H2,1H3. The zero-order valence-electron chi connectivity index (χ0n) is 11.0. The molecular formula is C16H18N2O. The lowest BCUT2D eigenvalue weighted by molar-refractivity contribution is -0.119. The number of nitrogens with zero attached hydrogens (tertiary/aromatic N) is 1. The number of benzene rings is 2. The summed E-state index contributed by atoms with van der Waals surface area (Å²) in [6, 6.07) is 18.8. The molecule has 0 bridgehead atoms. The molecule has 0 spiro atoms. The van der Waals surface area contributed by atoms with Crippen LogP contribution in [0.25, 0.3) is 0 Å². The van der Waals surface area contributed by atoms with Crippen LogP contribution in [0, 0.1) is 0 Å². The molecule has 2 aromatic rings. The van der Waals surface area contributed by atoms with Crippen molar-refractivity contribution in [2.75, 3.05) is 11.9 Å². The number of carbonyl (C=O) groups is 1. The summed E-state index contributed by atoms with van der Waals surface area (Å²) in [4.78, 5) is 13.9. The van der Waals surface area contributed by atoms with E-state index in [9.17, 15) is 4.79 Å². The normalized spacial score (nSPS) is 11.9. The molecule has 2 N–H and O–H groups in total. The van der Waals surface area contributed by atoms with Crippen LogP contribution < -0.4 is 10.6 Å². The molecule has 0 heterocycles. The number of likely N-dealkylation sites (N-methyl/N-ethyl adjacent to an activating group) is 1. The highest BCUT2D eigenvalue weighted by molar-refractivity contribution is 5.96. The Morgan fingerprint density at radius 2 is 1.58 bits per heavy atom. The highest BCUT2D eigenvalue weighted by atomic mass is 16.2. The van der Waals surface area contributed by atoms with E-state index in [4.69, 9.17) is 5.73 Å². The fourth-order valence-corrected chi connectivity index (χ4v) is 1.98. The van der Waals surface area contributed by atoms with E-state index in [-0.39, 0.29) is 5.91 Å². The van der Waals surface area contributed by atoms with Crippen molar-refractivity contribution >= 4 is 11.6 Å². The molecule has 2 rings (SSSR count). The molecule has 0 aliphatic rings. The maximum Gasteiger partial charge on any atom is 0.243 e. The van der Waals surface area contributed by atoms with Gasteiger partial charge in [-0.3, -0.25) is 4.79 Å². The van der Waals surface area contributed by atoms with Crippen LogP contribution in [0.3, 0.4) is 0 Å². The van der Waals surface area contributed by atoms with Gasteiger partial charge < -0.3 is 10.6 Å². The Kier molecular flexibility index (Phi) is 4.31. The number of nitrogens with two attached hydrogens (primary N) is 1. The van der Waals surface area contributed by atoms with Gasteiger partial charge in [0.2, 0.25) is 5.91 Å². The number of para-hydroxylation sites is 1. The molecule has 3 heteroatoms. The summed E-state index contributed by atoms with van der Waals surface area (Å²) in [5, 5.41) is 0. The van der Waals surface area contributed by atoms with Crippen LogP contribution in [-0.4, -0.2) is 19.0 Å². The third-order valence-electron chi connectivity index (χ3n) is 3.09. The Hall–Kier alpha value is -2.13. The Bertz CT molecular complexity index is 525. The fourth-order valence-electron chi connectivity index (χ4n) is 1.98. The Labute approximate surface area is 113 Å². The second-order valence-electron chi connectivity index (χ2n) is 4.53. The first kappa shape index (κ1) is 13.3. The zero-order valence-corrected chi connectivity index (χ0v) is 11.0. The molecule has 0 fully saturated rings. The van der Waals surface area contributed by atoms with Gasteiger partial charge in [0.15, 0.2) is 0 Å². The average molecular weight is 254 g/mol. The molecule has 0 aromatic heterocycles. The van der Waals surface area contributed by atoms with E-state index in [2.05, 4.69) is 0 Å². The lowest BCUT2D eigenvalue weighted by atomic mass is 10.1. The van der Waals surface area contributed by atoms with Gasteiger partial charge >= 0.3 is 0 Å². The van der Waals surface area contributed by atoms with E-state index in [0.29, 0.717) is 6.42 Å². The quantitative estimate of drug-likeness (QED) is 0.909. The largest absolute Gasteiger partial charge is 0.320 e. The van der Waals surface area contributed by atoms with Gasteiger partial charge in [-0.05, 0) is 24.1 Å². The van der Waals surface area contributed by atoms with E-state index in [1.54, 1.807) is 11.9 Å². The number of hydrogen-bond donors (Lipinski definition) is 1. The van der Waals surface area contributed by atoms with Crippen molar-refractivity contribution in [3.8, 4) is 0 Å². The molecule has 0 aliphatic heterocycles. The van der Waals surface area contributed by atoms with E-state index in [0.717, 1.165) is 11.3 Å². The first-order valence-electron chi connectivity index (χ1n) is 6.30. The molecule has 0 aliphatic carbocycles. The first-order chi connectivity index (χ1) is 9.18. The van der Waals surface area contributed by atoms with Crippen molar-refractivity contribution in [2.24, 2.45) is 5.73 Å². The molecular weight excluding hydrogens is 236 g/mol. The molecule has 1 atom stereocenters. The number of rotatable bonds is 4. The predicted octanol–water partition coefficient (Wildman–Crippen LogP) is 2.22. The Morgan fingerprint density at radius 3 is 2.16 bits per heavy atom. The van der Waals surface area contributed by atoms with E-state index >= 15 is 0 Å². The fraction of sp³-hybridized carbons (Fsp3) is 0.188. The molecule has 3 nitrogen and oxygen atoms in total. The van der Waals surface area contributed by atoms with Crippen molar-refractivity contribution in [1.29, 1.82) is 0 Å². The maximum absolute atomic E-state index is 12.2. The highest BCUT2D eigenvalue weighted by Gasteiger charge is 2.19. The van der Waals surface area contributed by atoms with Crippen LogP contribution in [-0.2, 0) is 11.2 Å². The maximum atomic E-state index is 12.2. The molecule has 98 valence electrons. The van der Waals surface area contributed by atoms with Gasteiger partial charge in [0.25, 0.3) is 0 Å². The van der Waals surface area contributed by atoms with Crippen LogP contribution in [0.15, 0.2) is 60.7 Å². The van der Waals surface area contributed by atoms with Crippen molar-refractivity contribution in [2.45, 2.75) is 12.5 Å². The minimum atomic E-state index is -0.521. The van der Waals surface area contributed by atoms with E-state index < -0.39 is 6.04 Å². The molecule has 1 unspecified atom stereocenters. The summed E-state index contributed by atoms with van der Waals surface area (Å²) in [5.74, 6) is -0.0740. The van der Waals surface area contributed by atoms with Gasteiger partial charge in [0.05, 0.1) is 6.04 Å². The van der Waals surface area contributed by atoms with Crippen molar-refractivity contribution in [1.82, 2.24) is 0 Å². The zero-order chi connectivity index (χ0) is 13.7. The monoisotopic (exact) mass is 254 g/mol. The molecule has 1 amide bonds. The second-order valence-corrected chi connectivity index (χ2v) is 4.53. The molecule has 0 radical (unpaired) electrons. The van der Waals surface area contributed by atoms with Gasteiger partial charge in [-0.15, -0.1) is 0 Å². The third kappa shape index (κ3) is 3.42. The van der Waals surface area contributed by atoms with Gasteiger partial charge in [-0.2, -0.15) is 0 Å². The average Bonchev–Trinajstić information content (AvgIpc) is 2.47. The van der Waals surface area contributed by atoms with Crippen LogP contribution in [0.2, 0.25) is 0 Å². The molecule has 0 saturated carbocycles. The summed E-state index contributed by atoms with van der Waals surface area (Å²) in [5.41, 5.74) is 7.93. The lowest BCUT2D eigenvalue weighted by Gasteiger charge is -2.21. The Balaban J connectivity index is 2.03. The van der Waals surface area contributed by atoms with Crippen molar-refractivity contribution < 1.29 is 4.79 Å². The van der Waals surface area contributed by atoms with E-state index in [1.807, 2.05) is 60.7 Å². The van der Waals surface area contributed by atoms with Gasteiger partial charge in [-0.1, -0.05) is 48.5 Å². The van der Waals surface area contributed by atoms with Gasteiger partial charge in [-0.25, -0.2) is 0 Å². The van der Waals surface area contributed by atoms with E-state index in [1.165, 1.54) is 0 Å². The summed E-state index contributed by atoms with van der Waals surface area (Å²) in [6.07, 6.45) is 0.552. The summed E-state index contributed by atoms with van der Waals surface area (Å²) >= 11 is 0. The van der Waals surface area contributed by atoms with Gasteiger partial charge in [0.1, 0.15) is 0 Å². The minimum Gasteiger partial charge on any atom is -0.320 e. The summed E-state index contributed by atoms with van der Waals surface area (Å²) in [7, 11) is 1.75. The SMILES string of the molecule is CN(C(=O)C(N)Cc1ccccc1)c1ccccc1. The number of carbonyl (C=O) groups excluding carboxylic acids is 1. The molecule has 2 aromatic carbocycles. The number of amides is 1. The highest BCUT2D eigenvalue weighted by Crippen LogP contribution is 2.13. The van der Waals surface area contributed by atoms with Crippen LogP contribution in [0.4, 0.5) is 5.69 Å². The Morgan fingerprint density at radius 1 is 1.05 bits per heavy atom. The number of hydrogen-bond acceptors (Lipinski definition) is 2. The smallest absolute Gasteiger partial charge is 0.243 e. The minimum absolute atomic E-state index is 0.0740. The third-order valence-corrected chi connectivity index (χ3v) is 3.09. The molecule has 19 heavy (non-hydrogen) atoms. The van der Waals surface area contributed by atoms with Crippen molar-refractivity contribution in [3.63, 3.8) is 0 Å². The first-order valence-corrected chi connectivity index (χ1v) is 6.30. The van der Waals surface area contributed by atoms with Crippen molar-refractivity contribution in [3.05, 3.63) is 66.2 Å². The topological polar surface area (TPSA) is 46.3 Å². The van der Waals surface area contributed by atoms with Crippen LogP contribution in [0.5, 0.6) is 0 Å². The predicted molar refractivity (Wildman–Crippen MR) is 78.0 cm³/mol. The van der Waals surface area contributed by atoms with Crippen LogP contribution >= 0.6 is 0 Å². The van der Waals surface area contributed by atoms with Gasteiger partial charge in [0, 0.05) is 12.7 Å². The molecule has 0 saturated heterocycles.